The second-order valence-corrected chi connectivity index (χ2v) is 10.3. The van der Waals surface area contributed by atoms with Crippen LogP contribution in [-0.2, 0) is 22.9 Å². The predicted octanol–water partition coefficient (Wildman–Crippen LogP) is 2.09. The number of halogens is 2. The lowest BCUT2D eigenvalue weighted by atomic mass is 10.1. The Hall–Kier alpha value is -0.940. The molecule has 1 N–H and O–H groups in total. The zero-order valence-corrected chi connectivity index (χ0v) is 19.8. The van der Waals surface area contributed by atoms with E-state index in [-0.39, 0.29) is 35.5 Å². The minimum absolute atomic E-state index is 0. The first kappa shape index (κ1) is 24.1. The Morgan fingerprint density at radius 2 is 2.04 bits per heavy atom. The molecule has 9 heteroatoms. The van der Waals surface area contributed by atoms with Crippen LogP contribution in [0.15, 0.2) is 23.2 Å². The zero-order chi connectivity index (χ0) is 19.5. The van der Waals surface area contributed by atoms with Gasteiger partial charge in [-0.25, -0.2) is 12.8 Å². The molecular formula is C18H30FIN4O2S. The van der Waals surface area contributed by atoms with Gasteiger partial charge >= 0.3 is 0 Å². The third-order valence-corrected chi connectivity index (χ3v) is 7.14. The molecule has 6 nitrogen and oxygen atoms in total. The van der Waals surface area contributed by atoms with Gasteiger partial charge in [0.05, 0.1) is 10.5 Å². The van der Waals surface area contributed by atoms with Crippen LogP contribution in [0.2, 0.25) is 0 Å². The van der Waals surface area contributed by atoms with Crippen molar-refractivity contribution in [2.75, 3.05) is 40.0 Å². The molecule has 0 aromatic heterocycles. The number of guanidine groups is 1. The molecule has 154 valence electrons. The molecule has 27 heavy (non-hydrogen) atoms. The van der Waals surface area contributed by atoms with Crippen LogP contribution in [-0.4, -0.2) is 68.9 Å². The van der Waals surface area contributed by atoms with Gasteiger partial charge < -0.3 is 15.1 Å². The van der Waals surface area contributed by atoms with Gasteiger partial charge in [0.25, 0.3) is 0 Å². The molecular weight excluding hydrogens is 482 g/mol. The molecule has 1 saturated heterocycles. The second-order valence-electron chi connectivity index (χ2n) is 7.56. The summed E-state index contributed by atoms with van der Waals surface area (Å²) in [6, 6.07) is 5.08. The van der Waals surface area contributed by atoms with Crippen molar-refractivity contribution in [3.8, 4) is 0 Å². The largest absolute Gasteiger partial charge is 0.352 e. The number of nitrogens with zero attached hydrogens (tertiary/aromatic N) is 3. The highest BCUT2D eigenvalue weighted by Crippen LogP contribution is 2.23. The first-order valence-electron chi connectivity index (χ1n) is 8.65. The topological polar surface area (TPSA) is 65.0 Å². The van der Waals surface area contributed by atoms with Crippen molar-refractivity contribution in [3.05, 3.63) is 35.1 Å². The average Bonchev–Trinajstić information content (AvgIpc) is 2.53. The van der Waals surface area contributed by atoms with E-state index in [1.165, 1.54) is 6.07 Å². The summed E-state index contributed by atoms with van der Waals surface area (Å²) in [6.07, 6.45) is 0. The number of hydrogen-bond acceptors (Lipinski definition) is 4. The van der Waals surface area contributed by atoms with E-state index in [1.807, 2.05) is 30.0 Å². The van der Waals surface area contributed by atoms with Crippen molar-refractivity contribution in [3.63, 3.8) is 0 Å². The van der Waals surface area contributed by atoms with Crippen LogP contribution in [0.3, 0.4) is 0 Å². The molecule has 0 radical (unpaired) electrons. The minimum Gasteiger partial charge on any atom is -0.352 e. The number of aliphatic imine (C=N–C) groups is 1. The third kappa shape index (κ3) is 6.02. The SMILES string of the molecule is CN=C(NCc1ccc(F)c(CN(C)C)c1)N1CCS(=O)(=O)C(C)(C)C1.I. The van der Waals surface area contributed by atoms with Crippen molar-refractivity contribution in [1.29, 1.82) is 0 Å². The monoisotopic (exact) mass is 512 g/mol. The Kier molecular flexibility index (Phi) is 8.49. The van der Waals surface area contributed by atoms with Crippen LogP contribution in [0.5, 0.6) is 0 Å². The van der Waals surface area contributed by atoms with Gasteiger partial charge in [0.1, 0.15) is 5.82 Å². The molecule has 1 aromatic rings. The van der Waals surface area contributed by atoms with Crippen LogP contribution in [0.4, 0.5) is 4.39 Å². The summed E-state index contributed by atoms with van der Waals surface area (Å²) in [4.78, 5) is 8.17. The maximum atomic E-state index is 13.9. The fourth-order valence-electron chi connectivity index (χ4n) is 3.04. The lowest BCUT2D eigenvalue weighted by molar-refractivity contribution is 0.353. The van der Waals surface area contributed by atoms with E-state index in [0.29, 0.717) is 37.7 Å². The van der Waals surface area contributed by atoms with E-state index in [9.17, 15) is 12.8 Å². The molecule has 1 aromatic carbocycles. The van der Waals surface area contributed by atoms with Crippen LogP contribution in [0.25, 0.3) is 0 Å². The summed E-state index contributed by atoms with van der Waals surface area (Å²) in [7, 11) is 2.39. The summed E-state index contributed by atoms with van der Waals surface area (Å²) in [5.41, 5.74) is 1.60. The van der Waals surface area contributed by atoms with Crippen LogP contribution in [0, 0.1) is 5.82 Å². The molecule has 0 amide bonds. The van der Waals surface area contributed by atoms with Gasteiger partial charge in [-0.3, -0.25) is 4.99 Å². The van der Waals surface area contributed by atoms with Gasteiger partial charge in [0.2, 0.25) is 0 Å². The van der Waals surface area contributed by atoms with Crippen molar-refractivity contribution in [1.82, 2.24) is 15.1 Å². The highest BCUT2D eigenvalue weighted by atomic mass is 127. The molecule has 0 atom stereocenters. The standard InChI is InChI=1S/C18H29FN4O2S.HI/c1-18(2)13-23(8-9-26(18,24)25)17(20-3)21-11-14-6-7-16(19)15(10-14)12-22(4)5;/h6-7,10H,8-9,11-13H2,1-5H3,(H,20,21);1H. The van der Waals surface area contributed by atoms with Crippen molar-refractivity contribution in [2.45, 2.75) is 31.7 Å². The molecule has 0 unspecified atom stereocenters. The van der Waals surface area contributed by atoms with Crippen LogP contribution >= 0.6 is 24.0 Å². The average molecular weight is 512 g/mol. The van der Waals surface area contributed by atoms with Crippen molar-refractivity contribution in [2.24, 2.45) is 4.99 Å². The molecule has 1 heterocycles. The number of benzene rings is 1. The Morgan fingerprint density at radius 1 is 1.37 bits per heavy atom. The summed E-state index contributed by atoms with van der Waals surface area (Å²) in [6.45, 7) is 5.33. The van der Waals surface area contributed by atoms with Gasteiger partial charge in [-0.2, -0.15) is 0 Å². The van der Waals surface area contributed by atoms with Crippen LogP contribution < -0.4 is 5.32 Å². The van der Waals surface area contributed by atoms with E-state index in [1.54, 1.807) is 27.0 Å². The number of sulfone groups is 1. The fourth-order valence-corrected chi connectivity index (χ4v) is 4.40. The number of rotatable bonds is 4. The molecule has 0 aliphatic carbocycles. The van der Waals surface area contributed by atoms with Gasteiger partial charge in [0.15, 0.2) is 15.8 Å². The Morgan fingerprint density at radius 3 is 2.59 bits per heavy atom. The molecule has 0 bridgehead atoms. The van der Waals surface area contributed by atoms with E-state index in [2.05, 4.69) is 10.3 Å². The van der Waals surface area contributed by atoms with E-state index in [4.69, 9.17) is 0 Å². The normalized spacial score (nSPS) is 18.9. The van der Waals surface area contributed by atoms with E-state index >= 15 is 0 Å². The van der Waals surface area contributed by atoms with E-state index in [0.717, 1.165) is 5.56 Å². The second kappa shape index (κ2) is 9.51. The highest BCUT2D eigenvalue weighted by molar-refractivity contribution is 14.0. The summed E-state index contributed by atoms with van der Waals surface area (Å²) in [5, 5.41) is 3.27. The van der Waals surface area contributed by atoms with Gasteiger partial charge in [0, 0.05) is 38.8 Å². The molecule has 1 fully saturated rings. The van der Waals surface area contributed by atoms with E-state index < -0.39 is 14.6 Å². The Bertz CT molecular complexity index is 782. The first-order valence-corrected chi connectivity index (χ1v) is 10.3. The molecule has 1 aliphatic heterocycles. The van der Waals surface area contributed by atoms with Crippen LogP contribution in [0.1, 0.15) is 25.0 Å². The first-order chi connectivity index (χ1) is 12.1. The zero-order valence-electron chi connectivity index (χ0n) is 16.6. The quantitative estimate of drug-likeness (QED) is 0.381. The van der Waals surface area contributed by atoms with Gasteiger partial charge in [-0.1, -0.05) is 6.07 Å². The molecule has 0 spiro atoms. The summed E-state index contributed by atoms with van der Waals surface area (Å²) >= 11 is 0. The highest BCUT2D eigenvalue weighted by Gasteiger charge is 2.40. The molecule has 1 aliphatic rings. The number of nitrogens with one attached hydrogen (secondary N) is 1. The predicted molar refractivity (Wildman–Crippen MR) is 119 cm³/mol. The minimum atomic E-state index is -3.10. The molecule has 0 saturated carbocycles. The smallest absolute Gasteiger partial charge is 0.193 e. The third-order valence-electron chi connectivity index (χ3n) is 4.60. The van der Waals surface area contributed by atoms with Crippen molar-refractivity contribution >= 4 is 39.8 Å². The summed E-state index contributed by atoms with van der Waals surface area (Å²) < 4.78 is 37.4. The van der Waals surface area contributed by atoms with Gasteiger partial charge in [-0.15, -0.1) is 24.0 Å². The number of hydrogen-bond donors (Lipinski definition) is 1. The summed E-state index contributed by atoms with van der Waals surface area (Å²) in [5.74, 6) is 0.561. The lowest BCUT2D eigenvalue weighted by Gasteiger charge is -2.39. The maximum Gasteiger partial charge on any atom is 0.193 e. The fraction of sp³-hybridized carbons (Fsp3) is 0.611. The Labute approximate surface area is 179 Å². The Balaban J connectivity index is 0.00000364. The van der Waals surface area contributed by atoms with Gasteiger partial charge in [-0.05, 0) is 45.6 Å². The molecule has 2 rings (SSSR count). The van der Waals surface area contributed by atoms with Crippen molar-refractivity contribution < 1.29 is 12.8 Å². The lowest BCUT2D eigenvalue weighted by Crippen LogP contribution is -2.57. The maximum absolute atomic E-state index is 13.9.